The lowest BCUT2D eigenvalue weighted by Crippen LogP contribution is -2.46. The zero-order chi connectivity index (χ0) is 19.0. The minimum absolute atomic E-state index is 0.131. The van der Waals surface area contributed by atoms with E-state index < -0.39 is 17.5 Å². The minimum Gasteiger partial charge on any atom is -0.307 e. The third kappa shape index (κ3) is 2.96. The van der Waals surface area contributed by atoms with Crippen molar-refractivity contribution in [3.05, 3.63) is 77.9 Å². The molecule has 0 unspecified atom stereocenters. The van der Waals surface area contributed by atoms with Crippen molar-refractivity contribution in [2.45, 2.75) is 18.3 Å². The zero-order valence-corrected chi connectivity index (χ0v) is 15.1. The number of fused-ring (bicyclic) bond motifs is 2. The van der Waals surface area contributed by atoms with Gasteiger partial charge in [-0.3, -0.25) is 9.69 Å². The number of hydrogen-bond acceptors (Lipinski definition) is 2. The molecule has 1 spiro atoms. The molecule has 2 aromatic carbocycles. The van der Waals surface area contributed by atoms with Crippen molar-refractivity contribution in [2.24, 2.45) is 0 Å². The third-order valence-electron chi connectivity index (χ3n) is 5.85. The number of likely N-dealkylation sites (tertiary alicyclic amines) is 1. The van der Waals surface area contributed by atoms with E-state index in [4.69, 9.17) is 0 Å². The second-order valence-corrected chi connectivity index (χ2v) is 7.38. The van der Waals surface area contributed by atoms with Crippen LogP contribution in [0.15, 0.2) is 55.1 Å². The van der Waals surface area contributed by atoms with E-state index in [0.717, 1.165) is 49.8 Å². The molecular weight excluding hydrogens is 346 g/mol. The van der Waals surface area contributed by atoms with Crippen LogP contribution in [0.1, 0.15) is 28.8 Å². The highest BCUT2D eigenvalue weighted by Gasteiger charge is 2.46. The van der Waals surface area contributed by atoms with Crippen molar-refractivity contribution in [2.75, 3.05) is 31.1 Å². The highest BCUT2D eigenvalue weighted by Crippen LogP contribution is 2.47. The number of rotatable bonds is 3. The average molecular weight is 368 g/mol. The predicted octanol–water partition coefficient (Wildman–Crippen LogP) is 4.14. The molecule has 3 nitrogen and oxygen atoms in total. The molecule has 0 N–H and O–H groups in total. The highest BCUT2D eigenvalue weighted by atomic mass is 19.2. The van der Waals surface area contributed by atoms with Gasteiger partial charge in [-0.05, 0) is 49.7 Å². The van der Waals surface area contributed by atoms with Gasteiger partial charge in [0.1, 0.15) is 0 Å². The number of amides is 1. The van der Waals surface area contributed by atoms with Crippen LogP contribution in [-0.4, -0.2) is 37.0 Å². The fourth-order valence-electron chi connectivity index (χ4n) is 4.40. The van der Waals surface area contributed by atoms with Crippen LogP contribution < -0.4 is 4.90 Å². The molecule has 27 heavy (non-hydrogen) atoms. The second-order valence-electron chi connectivity index (χ2n) is 7.38. The first kappa shape index (κ1) is 17.9. The molecule has 0 aromatic heterocycles. The lowest BCUT2D eigenvalue weighted by Gasteiger charge is -2.39. The van der Waals surface area contributed by atoms with E-state index in [2.05, 4.69) is 17.5 Å². The topological polar surface area (TPSA) is 23.6 Å². The Kier molecular flexibility index (Phi) is 4.56. The molecule has 0 radical (unpaired) electrons. The molecule has 2 aliphatic heterocycles. The normalized spacial score (nSPS) is 18.5. The Morgan fingerprint density at radius 2 is 1.85 bits per heavy atom. The quantitative estimate of drug-likeness (QED) is 0.760. The van der Waals surface area contributed by atoms with Gasteiger partial charge in [-0.2, -0.15) is 0 Å². The molecule has 0 aliphatic carbocycles. The predicted molar refractivity (Wildman–Crippen MR) is 102 cm³/mol. The largest absolute Gasteiger partial charge is 0.307 e. The first-order valence-corrected chi connectivity index (χ1v) is 9.24. The molecule has 1 saturated heterocycles. The summed E-state index contributed by atoms with van der Waals surface area (Å²) in [7, 11) is 0. The maximum absolute atomic E-state index is 14.2. The van der Waals surface area contributed by atoms with E-state index in [-0.39, 0.29) is 11.0 Å². The SMILES string of the molecule is C=CCN1CCC2(CC1)CN(C(=O)c1cccc(F)c1F)c1ccccc12. The summed E-state index contributed by atoms with van der Waals surface area (Å²) in [6, 6.07) is 11.6. The van der Waals surface area contributed by atoms with Crippen LogP contribution in [0.3, 0.4) is 0 Å². The summed E-state index contributed by atoms with van der Waals surface area (Å²) >= 11 is 0. The smallest absolute Gasteiger partial charge is 0.261 e. The first-order valence-electron chi connectivity index (χ1n) is 9.24. The van der Waals surface area contributed by atoms with Gasteiger partial charge in [-0.25, -0.2) is 8.78 Å². The number of carbonyl (C=O) groups is 1. The summed E-state index contributed by atoms with van der Waals surface area (Å²) in [6.07, 6.45) is 3.75. The molecule has 5 heteroatoms. The number of halogens is 2. The zero-order valence-electron chi connectivity index (χ0n) is 15.1. The Hall–Kier alpha value is -2.53. The second kappa shape index (κ2) is 6.89. The number of piperidine rings is 1. The molecule has 2 aromatic rings. The Labute approximate surface area is 157 Å². The van der Waals surface area contributed by atoms with Crippen molar-refractivity contribution < 1.29 is 13.6 Å². The van der Waals surface area contributed by atoms with E-state index in [1.807, 2.05) is 24.3 Å². The summed E-state index contributed by atoms with van der Waals surface area (Å²) < 4.78 is 27.8. The van der Waals surface area contributed by atoms with Gasteiger partial charge in [0.15, 0.2) is 11.6 Å². The monoisotopic (exact) mass is 368 g/mol. The molecule has 0 saturated carbocycles. The van der Waals surface area contributed by atoms with Crippen LogP contribution in [0.4, 0.5) is 14.5 Å². The molecule has 1 fully saturated rings. The Morgan fingerprint density at radius 1 is 1.11 bits per heavy atom. The highest BCUT2D eigenvalue weighted by molar-refractivity contribution is 6.08. The van der Waals surface area contributed by atoms with Gasteiger partial charge in [0.05, 0.1) is 5.56 Å². The first-order chi connectivity index (χ1) is 13.1. The molecule has 0 atom stereocenters. The van der Waals surface area contributed by atoms with Crippen molar-refractivity contribution >= 4 is 11.6 Å². The molecule has 2 aliphatic rings. The summed E-state index contributed by atoms with van der Waals surface area (Å²) in [5.41, 5.74) is 1.59. The van der Waals surface area contributed by atoms with Crippen LogP contribution in [0, 0.1) is 11.6 Å². The average Bonchev–Trinajstić information content (AvgIpc) is 3.00. The van der Waals surface area contributed by atoms with Gasteiger partial charge >= 0.3 is 0 Å². The fourth-order valence-corrected chi connectivity index (χ4v) is 4.40. The van der Waals surface area contributed by atoms with Gasteiger partial charge in [0.2, 0.25) is 0 Å². The number of anilines is 1. The fraction of sp³-hybridized carbons (Fsp3) is 0.318. The molecule has 2 heterocycles. The number of benzene rings is 2. The Balaban J connectivity index is 1.68. The molecule has 0 bridgehead atoms. The number of para-hydroxylation sites is 1. The summed E-state index contributed by atoms with van der Waals surface area (Å²) in [5, 5.41) is 0. The van der Waals surface area contributed by atoms with Gasteiger partial charge < -0.3 is 4.90 Å². The number of hydrogen-bond donors (Lipinski definition) is 0. The minimum atomic E-state index is -1.08. The van der Waals surface area contributed by atoms with Crippen LogP contribution in [0.5, 0.6) is 0 Å². The lowest BCUT2D eigenvalue weighted by atomic mass is 9.74. The van der Waals surface area contributed by atoms with Crippen LogP contribution in [0.2, 0.25) is 0 Å². The van der Waals surface area contributed by atoms with E-state index >= 15 is 0 Å². The Morgan fingerprint density at radius 3 is 2.59 bits per heavy atom. The van der Waals surface area contributed by atoms with E-state index in [0.29, 0.717) is 6.54 Å². The summed E-state index contributed by atoms with van der Waals surface area (Å²) in [4.78, 5) is 17.0. The third-order valence-corrected chi connectivity index (χ3v) is 5.85. The van der Waals surface area contributed by atoms with Crippen LogP contribution in [0.25, 0.3) is 0 Å². The molecule has 1 amide bonds. The van der Waals surface area contributed by atoms with E-state index in [1.165, 1.54) is 12.1 Å². The molecular formula is C22H22F2N2O. The lowest BCUT2D eigenvalue weighted by molar-refractivity contribution is 0.0973. The van der Waals surface area contributed by atoms with Crippen molar-refractivity contribution in [3.63, 3.8) is 0 Å². The number of nitrogens with zero attached hydrogens (tertiary/aromatic N) is 2. The van der Waals surface area contributed by atoms with Crippen molar-refractivity contribution in [1.82, 2.24) is 4.90 Å². The van der Waals surface area contributed by atoms with Gasteiger partial charge in [0.25, 0.3) is 5.91 Å². The summed E-state index contributed by atoms with van der Waals surface area (Å²) in [6.45, 7) is 7.02. The summed E-state index contributed by atoms with van der Waals surface area (Å²) in [5.74, 6) is -2.56. The van der Waals surface area contributed by atoms with Crippen LogP contribution >= 0.6 is 0 Å². The molecule has 140 valence electrons. The van der Waals surface area contributed by atoms with Crippen LogP contribution in [-0.2, 0) is 5.41 Å². The number of carbonyl (C=O) groups excluding carboxylic acids is 1. The van der Waals surface area contributed by atoms with Gasteiger partial charge in [-0.1, -0.05) is 30.3 Å². The van der Waals surface area contributed by atoms with Crippen molar-refractivity contribution in [3.8, 4) is 0 Å². The van der Waals surface area contributed by atoms with E-state index in [1.54, 1.807) is 4.90 Å². The maximum atomic E-state index is 14.2. The van der Waals surface area contributed by atoms with E-state index in [9.17, 15) is 13.6 Å². The standard InChI is InChI=1S/C22H22F2N2O/c1-2-12-25-13-10-22(11-14-25)15-26(19-9-4-3-7-17(19)22)21(27)16-6-5-8-18(23)20(16)24/h2-9H,1,10-15H2. The van der Waals surface area contributed by atoms with Crippen molar-refractivity contribution in [1.29, 1.82) is 0 Å². The Bertz CT molecular complexity index is 888. The molecule has 4 rings (SSSR count). The van der Waals surface area contributed by atoms with Gasteiger partial charge in [0, 0.05) is 24.2 Å². The maximum Gasteiger partial charge on any atom is 0.261 e. The van der Waals surface area contributed by atoms with Gasteiger partial charge in [-0.15, -0.1) is 6.58 Å².